The second-order valence-corrected chi connectivity index (χ2v) is 5.44. The molecule has 1 aromatic heterocycles. The van der Waals surface area contributed by atoms with E-state index in [9.17, 15) is 0 Å². The standard InChI is InChI=1S/C15H20N2O/c1-10-9-17-14(18-15(2,3)4)11-7-6-8-12(16-5)13(10)11/h6-9,16H,1-5H3. The Morgan fingerprint density at radius 3 is 2.56 bits per heavy atom. The second kappa shape index (κ2) is 4.48. The topological polar surface area (TPSA) is 34.1 Å². The van der Waals surface area contributed by atoms with E-state index in [0.717, 1.165) is 16.6 Å². The average molecular weight is 244 g/mol. The molecule has 0 unspecified atom stereocenters. The maximum Gasteiger partial charge on any atom is 0.221 e. The number of hydrogen-bond donors (Lipinski definition) is 1. The number of rotatable bonds is 2. The number of pyridine rings is 1. The number of aryl methyl sites for hydroxylation is 1. The summed E-state index contributed by atoms with van der Waals surface area (Å²) < 4.78 is 5.93. The molecule has 96 valence electrons. The van der Waals surface area contributed by atoms with Crippen molar-refractivity contribution in [3.8, 4) is 5.88 Å². The van der Waals surface area contributed by atoms with Gasteiger partial charge >= 0.3 is 0 Å². The minimum atomic E-state index is -0.245. The van der Waals surface area contributed by atoms with Crippen molar-refractivity contribution in [3.63, 3.8) is 0 Å². The maximum atomic E-state index is 5.93. The number of aromatic nitrogens is 1. The smallest absolute Gasteiger partial charge is 0.221 e. The van der Waals surface area contributed by atoms with E-state index in [1.807, 2.05) is 40.1 Å². The Balaban J connectivity index is 2.67. The zero-order chi connectivity index (χ0) is 13.3. The number of ether oxygens (including phenoxy) is 1. The Labute approximate surface area is 108 Å². The number of nitrogens with one attached hydrogen (secondary N) is 1. The third-order valence-corrected chi connectivity index (χ3v) is 2.74. The zero-order valence-electron chi connectivity index (χ0n) is 11.7. The molecule has 0 fully saturated rings. The van der Waals surface area contributed by atoms with Crippen LogP contribution >= 0.6 is 0 Å². The Hall–Kier alpha value is -1.77. The average Bonchev–Trinajstić information content (AvgIpc) is 2.30. The van der Waals surface area contributed by atoms with Crippen molar-refractivity contribution in [3.05, 3.63) is 30.0 Å². The molecule has 0 aliphatic carbocycles. The molecule has 0 spiro atoms. The molecule has 18 heavy (non-hydrogen) atoms. The zero-order valence-corrected chi connectivity index (χ0v) is 11.7. The quantitative estimate of drug-likeness (QED) is 0.873. The summed E-state index contributed by atoms with van der Waals surface area (Å²) in [7, 11) is 1.93. The predicted octanol–water partition coefficient (Wildman–Crippen LogP) is 3.76. The molecular formula is C15H20N2O. The highest BCUT2D eigenvalue weighted by molar-refractivity contribution is 5.98. The van der Waals surface area contributed by atoms with Crippen molar-refractivity contribution in [1.29, 1.82) is 0 Å². The van der Waals surface area contributed by atoms with Crippen LogP contribution in [0.15, 0.2) is 24.4 Å². The molecule has 2 rings (SSSR count). The molecule has 3 nitrogen and oxygen atoms in total. The number of fused-ring (bicyclic) bond motifs is 1. The molecule has 1 aromatic carbocycles. The van der Waals surface area contributed by atoms with E-state index in [2.05, 4.69) is 29.4 Å². The van der Waals surface area contributed by atoms with Gasteiger partial charge in [-0.25, -0.2) is 4.98 Å². The summed E-state index contributed by atoms with van der Waals surface area (Å²) >= 11 is 0. The Kier molecular flexibility index (Phi) is 3.16. The van der Waals surface area contributed by atoms with Crippen LogP contribution in [-0.2, 0) is 0 Å². The summed E-state index contributed by atoms with van der Waals surface area (Å²) in [6.07, 6.45) is 1.87. The first-order chi connectivity index (χ1) is 8.42. The van der Waals surface area contributed by atoms with E-state index in [1.54, 1.807) is 0 Å². The molecule has 0 atom stereocenters. The van der Waals surface area contributed by atoms with Crippen LogP contribution < -0.4 is 10.1 Å². The Bertz CT molecular complexity index is 570. The van der Waals surface area contributed by atoms with Gasteiger partial charge in [-0.05, 0) is 45.4 Å². The van der Waals surface area contributed by atoms with Gasteiger partial charge < -0.3 is 10.1 Å². The molecule has 2 aromatic rings. The highest BCUT2D eigenvalue weighted by Gasteiger charge is 2.16. The largest absolute Gasteiger partial charge is 0.471 e. The van der Waals surface area contributed by atoms with E-state index in [1.165, 1.54) is 5.39 Å². The molecule has 0 amide bonds. The lowest BCUT2D eigenvalue weighted by atomic mass is 10.1. The lowest BCUT2D eigenvalue weighted by molar-refractivity contribution is 0.126. The van der Waals surface area contributed by atoms with Gasteiger partial charge in [0.25, 0.3) is 0 Å². The molecule has 1 N–H and O–H groups in total. The Morgan fingerprint density at radius 2 is 1.94 bits per heavy atom. The first kappa shape index (κ1) is 12.7. The number of hydrogen-bond acceptors (Lipinski definition) is 3. The van der Waals surface area contributed by atoms with Crippen LogP contribution in [-0.4, -0.2) is 17.6 Å². The molecule has 0 saturated carbocycles. The van der Waals surface area contributed by atoms with E-state index < -0.39 is 0 Å². The van der Waals surface area contributed by atoms with Crippen LogP contribution in [0.2, 0.25) is 0 Å². The minimum absolute atomic E-state index is 0.245. The van der Waals surface area contributed by atoms with E-state index in [4.69, 9.17) is 4.74 Å². The second-order valence-electron chi connectivity index (χ2n) is 5.44. The highest BCUT2D eigenvalue weighted by atomic mass is 16.5. The maximum absolute atomic E-state index is 5.93. The van der Waals surface area contributed by atoms with Crippen LogP contribution in [0.25, 0.3) is 10.8 Å². The lowest BCUT2D eigenvalue weighted by Crippen LogP contribution is -2.23. The van der Waals surface area contributed by atoms with E-state index in [0.29, 0.717) is 5.88 Å². The third kappa shape index (κ3) is 2.40. The van der Waals surface area contributed by atoms with Gasteiger partial charge in [-0.1, -0.05) is 6.07 Å². The summed E-state index contributed by atoms with van der Waals surface area (Å²) in [4.78, 5) is 4.42. The molecule has 0 saturated heterocycles. The first-order valence-electron chi connectivity index (χ1n) is 6.17. The van der Waals surface area contributed by atoms with Crippen molar-refractivity contribution in [1.82, 2.24) is 4.98 Å². The SMILES string of the molecule is CNc1cccc2c(OC(C)(C)C)ncc(C)c12. The monoisotopic (exact) mass is 244 g/mol. The third-order valence-electron chi connectivity index (χ3n) is 2.74. The van der Waals surface area contributed by atoms with Gasteiger partial charge in [-0.2, -0.15) is 0 Å². The van der Waals surface area contributed by atoms with Gasteiger partial charge in [0, 0.05) is 29.7 Å². The van der Waals surface area contributed by atoms with Crippen LogP contribution in [0.4, 0.5) is 5.69 Å². The van der Waals surface area contributed by atoms with Gasteiger partial charge in [0.05, 0.1) is 0 Å². The molecule has 1 heterocycles. The van der Waals surface area contributed by atoms with Crippen LogP contribution in [0.5, 0.6) is 5.88 Å². The Morgan fingerprint density at radius 1 is 1.22 bits per heavy atom. The van der Waals surface area contributed by atoms with Crippen LogP contribution in [0, 0.1) is 6.92 Å². The van der Waals surface area contributed by atoms with Crippen molar-refractivity contribution in [2.45, 2.75) is 33.3 Å². The molecule has 3 heteroatoms. The number of nitrogens with zero attached hydrogens (tertiary/aromatic N) is 1. The molecule has 0 radical (unpaired) electrons. The first-order valence-corrected chi connectivity index (χ1v) is 6.17. The van der Waals surface area contributed by atoms with Crippen molar-refractivity contribution < 1.29 is 4.74 Å². The molecule has 0 aliphatic heterocycles. The summed E-state index contributed by atoms with van der Waals surface area (Å²) in [5.74, 6) is 0.695. The highest BCUT2D eigenvalue weighted by Crippen LogP contribution is 2.32. The molecular weight excluding hydrogens is 224 g/mol. The van der Waals surface area contributed by atoms with Gasteiger partial charge in [-0.3, -0.25) is 0 Å². The van der Waals surface area contributed by atoms with Gasteiger partial charge in [0.15, 0.2) is 0 Å². The van der Waals surface area contributed by atoms with E-state index in [-0.39, 0.29) is 5.60 Å². The van der Waals surface area contributed by atoms with Gasteiger partial charge in [0.1, 0.15) is 5.60 Å². The van der Waals surface area contributed by atoms with E-state index >= 15 is 0 Å². The van der Waals surface area contributed by atoms with Crippen LogP contribution in [0.1, 0.15) is 26.3 Å². The predicted molar refractivity (Wildman–Crippen MR) is 76.4 cm³/mol. The van der Waals surface area contributed by atoms with Crippen molar-refractivity contribution >= 4 is 16.5 Å². The summed E-state index contributed by atoms with van der Waals surface area (Å²) in [6, 6.07) is 6.14. The molecule has 0 bridgehead atoms. The fraction of sp³-hybridized carbons (Fsp3) is 0.400. The normalized spacial score (nSPS) is 11.6. The molecule has 0 aliphatic rings. The number of benzene rings is 1. The summed E-state index contributed by atoms with van der Waals surface area (Å²) in [5, 5.41) is 5.45. The van der Waals surface area contributed by atoms with Crippen LogP contribution in [0.3, 0.4) is 0 Å². The number of anilines is 1. The fourth-order valence-corrected chi connectivity index (χ4v) is 2.02. The van der Waals surface area contributed by atoms with Crippen molar-refractivity contribution in [2.75, 3.05) is 12.4 Å². The van der Waals surface area contributed by atoms with Gasteiger partial charge in [-0.15, -0.1) is 0 Å². The summed E-state index contributed by atoms with van der Waals surface area (Å²) in [5.41, 5.74) is 2.01. The van der Waals surface area contributed by atoms with Gasteiger partial charge in [0.2, 0.25) is 5.88 Å². The summed E-state index contributed by atoms with van der Waals surface area (Å²) in [6.45, 7) is 8.16. The fourth-order valence-electron chi connectivity index (χ4n) is 2.02. The minimum Gasteiger partial charge on any atom is -0.471 e. The lowest BCUT2D eigenvalue weighted by Gasteiger charge is -2.22. The van der Waals surface area contributed by atoms with Crippen molar-refractivity contribution in [2.24, 2.45) is 0 Å².